The normalized spacial score (nSPS) is 11.7. The van der Waals surface area contributed by atoms with E-state index >= 15 is 0 Å². The molecular formula is C21H26N2O2S. The van der Waals surface area contributed by atoms with Crippen molar-refractivity contribution in [3.05, 3.63) is 71.3 Å². The Morgan fingerprint density at radius 1 is 1.04 bits per heavy atom. The lowest BCUT2D eigenvalue weighted by molar-refractivity contribution is -0.138. The van der Waals surface area contributed by atoms with Gasteiger partial charge in [0, 0.05) is 19.3 Å². The van der Waals surface area contributed by atoms with Gasteiger partial charge in [-0.2, -0.15) is 0 Å². The van der Waals surface area contributed by atoms with Crippen LogP contribution in [0.25, 0.3) is 0 Å². The van der Waals surface area contributed by atoms with Crippen LogP contribution in [0.4, 0.5) is 0 Å². The summed E-state index contributed by atoms with van der Waals surface area (Å²) in [6.07, 6.45) is 0. The Hall–Kier alpha value is -2.27. The van der Waals surface area contributed by atoms with Crippen LogP contribution in [-0.2, 0) is 21.9 Å². The fraction of sp³-hybridized carbons (Fsp3) is 0.333. The summed E-state index contributed by atoms with van der Waals surface area (Å²) in [6.45, 7) is 4.26. The number of thioether (sulfide) groups is 1. The number of hydrogen-bond acceptors (Lipinski definition) is 3. The average molecular weight is 371 g/mol. The zero-order chi connectivity index (χ0) is 18.9. The van der Waals surface area contributed by atoms with Gasteiger partial charge in [0.05, 0.1) is 5.75 Å². The second-order valence-corrected chi connectivity index (χ2v) is 7.26. The maximum absolute atomic E-state index is 12.8. The summed E-state index contributed by atoms with van der Waals surface area (Å²) >= 11 is 1.57. The van der Waals surface area contributed by atoms with Crippen LogP contribution >= 0.6 is 11.8 Å². The first kappa shape index (κ1) is 20.0. The van der Waals surface area contributed by atoms with Crippen molar-refractivity contribution in [1.29, 1.82) is 0 Å². The van der Waals surface area contributed by atoms with E-state index in [-0.39, 0.29) is 11.8 Å². The molecule has 5 heteroatoms. The summed E-state index contributed by atoms with van der Waals surface area (Å²) in [5.74, 6) is 0.946. The molecule has 4 nitrogen and oxygen atoms in total. The fourth-order valence-electron chi connectivity index (χ4n) is 2.60. The highest BCUT2D eigenvalue weighted by molar-refractivity contribution is 7.99. The molecule has 0 radical (unpaired) electrons. The topological polar surface area (TPSA) is 49.4 Å². The maximum Gasteiger partial charge on any atom is 0.242 e. The molecule has 0 aliphatic rings. The molecule has 0 heterocycles. The van der Waals surface area contributed by atoms with E-state index in [4.69, 9.17) is 0 Å². The first-order valence-corrected chi connectivity index (χ1v) is 9.85. The van der Waals surface area contributed by atoms with Crippen molar-refractivity contribution < 1.29 is 9.59 Å². The van der Waals surface area contributed by atoms with Crippen molar-refractivity contribution in [1.82, 2.24) is 10.2 Å². The zero-order valence-electron chi connectivity index (χ0n) is 15.6. The van der Waals surface area contributed by atoms with E-state index in [0.717, 1.165) is 11.3 Å². The minimum atomic E-state index is -0.507. The van der Waals surface area contributed by atoms with E-state index in [2.05, 4.69) is 36.5 Å². The lowest BCUT2D eigenvalue weighted by atomic mass is 10.1. The van der Waals surface area contributed by atoms with Crippen molar-refractivity contribution in [3.8, 4) is 0 Å². The smallest absolute Gasteiger partial charge is 0.242 e. The summed E-state index contributed by atoms with van der Waals surface area (Å²) in [5, 5.41) is 2.63. The van der Waals surface area contributed by atoms with Gasteiger partial charge in [-0.3, -0.25) is 9.59 Å². The van der Waals surface area contributed by atoms with Gasteiger partial charge in [-0.05, 0) is 25.0 Å². The molecule has 138 valence electrons. The van der Waals surface area contributed by atoms with Gasteiger partial charge in [-0.1, -0.05) is 60.2 Å². The Bertz CT molecular complexity index is 717. The maximum atomic E-state index is 12.8. The molecule has 1 N–H and O–H groups in total. The van der Waals surface area contributed by atoms with Crippen LogP contribution in [0.5, 0.6) is 0 Å². The molecule has 0 spiro atoms. The van der Waals surface area contributed by atoms with E-state index in [0.29, 0.717) is 12.3 Å². The van der Waals surface area contributed by atoms with Crippen LogP contribution < -0.4 is 5.32 Å². The molecule has 0 fully saturated rings. The first-order chi connectivity index (χ1) is 12.5. The van der Waals surface area contributed by atoms with E-state index in [1.807, 2.05) is 30.3 Å². The van der Waals surface area contributed by atoms with E-state index in [1.54, 1.807) is 30.6 Å². The van der Waals surface area contributed by atoms with Crippen molar-refractivity contribution >= 4 is 23.6 Å². The Morgan fingerprint density at radius 3 is 2.31 bits per heavy atom. The number of amides is 2. The third-order valence-electron chi connectivity index (χ3n) is 4.22. The zero-order valence-corrected chi connectivity index (χ0v) is 16.4. The van der Waals surface area contributed by atoms with Gasteiger partial charge in [0.1, 0.15) is 6.04 Å². The summed E-state index contributed by atoms with van der Waals surface area (Å²) in [4.78, 5) is 26.5. The van der Waals surface area contributed by atoms with Crippen LogP contribution in [0.15, 0.2) is 54.6 Å². The largest absolute Gasteiger partial charge is 0.357 e. The van der Waals surface area contributed by atoms with Crippen LogP contribution in [0, 0.1) is 6.92 Å². The highest BCUT2D eigenvalue weighted by atomic mass is 32.2. The molecule has 26 heavy (non-hydrogen) atoms. The molecule has 0 bridgehead atoms. The van der Waals surface area contributed by atoms with Gasteiger partial charge in [0.15, 0.2) is 0 Å². The summed E-state index contributed by atoms with van der Waals surface area (Å²) in [5.41, 5.74) is 3.44. The minimum absolute atomic E-state index is 0.0259. The van der Waals surface area contributed by atoms with E-state index in [1.165, 1.54) is 11.1 Å². The Morgan fingerprint density at radius 2 is 1.69 bits per heavy atom. The number of rotatable bonds is 8. The molecule has 0 unspecified atom stereocenters. The van der Waals surface area contributed by atoms with Crippen molar-refractivity contribution in [3.63, 3.8) is 0 Å². The molecule has 0 aromatic heterocycles. The summed E-state index contributed by atoms with van der Waals surface area (Å²) in [7, 11) is 1.59. The molecular weight excluding hydrogens is 344 g/mol. The second-order valence-electron chi connectivity index (χ2n) is 6.28. The van der Waals surface area contributed by atoms with Gasteiger partial charge < -0.3 is 10.2 Å². The Kier molecular flexibility index (Phi) is 7.73. The number of likely N-dealkylation sites (N-methyl/N-ethyl adjacent to an activating group) is 1. The number of carbonyl (C=O) groups excluding carboxylic acids is 2. The fourth-order valence-corrected chi connectivity index (χ4v) is 3.47. The number of nitrogens with zero attached hydrogens (tertiary/aromatic N) is 1. The molecule has 2 aromatic carbocycles. The van der Waals surface area contributed by atoms with Crippen LogP contribution in [0.1, 0.15) is 23.6 Å². The Balaban J connectivity index is 1.99. The van der Waals surface area contributed by atoms with E-state index in [9.17, 15) is 9.59 Å². The number of nitrogens with one attached hydrogen (secondary N) is 1. The molecule has 0 aliphatic carbocycles. The summed E-state index contributed by atoms with van der Waals surface area (Å²) in [6, 6.07) is 17.6. The predicted molar refractivity (Wildman–Crippen MR) is 108 cm³/mol. The molecule has 2 aromatic rings. The van der Waals surface area contributed by atoms with Gasteiger partial charge in [-0.25, -0.2) is 0 Å². The standard InChI is InChI=1S/C21H26N2O2S/c1-16-9-11-19(12-10-16)14-26-15-20(24)23(17(2)21(25)22-3)13-18-7-5-4-6-8-18/h4-12,17H,13-15H2,1-3H3,(H,22,25)/t17-/m0/s1. The van der Waals surface area contributed by atoms with Crippen LogP contribution in [-0.4, -0.2) is 35.6 Å². The highest BCUT2D eigenvalue weighted by Gasteiger charge is 2.25. The molecule has 1 atom stereocenters. The molecule has 2 rings (SSSR count). The van der Waals surface area contributed by atoms with Crippen molar-refractivity contribution in [2.24, 2.45) is 0 Å². The van der Waals surface area contributed by atoms with Crippen molar-refractivity contribution in [2.75, 3.05) is 12.8 Å². The van der Waals surface area contributed by atoms with Crippen LogP contribution in [0.2, 0.25) is 0 Å². The molecule has 0 saturated carbocycles. The number of hydrogen-bond donors (Lipinski definition) is 1. The third-order valence-corrected chi connectivity index (χ3v) is 5.21. The van der Waals surface area contributed by atoms with Gasteiger partial charge >= 0.3 is 0 Å². The molecule has 2 amide bonds. The van der Waals surface area contributed by atoms with Gasteiger partial charge in [0.2, 0.25) is 11.8 Å². The molecule has 0 saturated heterocycles. The first-order valence-electron chi connectivity index (χ1n) is 8.69. The third kappa shape index (κ3) is 5.92. The van der Waals surface area contributed by atoms with E-state index < -0.39 is 6.04 Å². The number of carbonyl (C=O) groups is 2. The quantitative estimate of drug-likeness (QED) is 0.775. The van der Waals surface area contributed by atoms with Crippen LogP contribution in [0.3, 0.4) is 0 Å². The predicted octanol–water partition coefficient (Wildman–Crippen LogP) is 3.39. The minimum Gasteiger partial charge on any atom is -0.357 e. The lowest BCUT2D eigenvalue weighted by Gasteiger charge is -2.28. The van der Waals surface area contributed by atoms with Gasteiger partial charge in [0.25, 0.3) is 0 Å². The second kappa shape index (κ2) is 10.0. The monoisotopic (exact) mass is 370 g/mol. The lowest BCUT2D eigenvalue weighted by Crippen LogP contribution is -2.47. The number of aryl methyl sites for hydroxylation is 1. The summed E-state index contributed by atoms with van der Waals surface area (Å²) < 4.78 is 0. The van der Waals surface area contributed by atoms with Gasteiger partial charge in [-0.15, -0.1) is 11.8 Å². The SMILES string of the molecule is CNC(=O)[C@H](C)N(Cc1ccccc1)C(=O)CSCc1ccc(C)cc1. The van der Waals surface area contributed by atoms with Crippen molar-refractivity contribution in [2.45, 2.75) is 32.2 Å². The highest BCUT2D eigenvalue weighted by Crippen LogP contribution is 2.16. The Labute approximate surface area is 160 Å². The molecule has 0 aliphatic heterocycles. The average Bonchev–Trinajstić information content (AvgIpc) is 2.67. The number of benzene rings is 2.